The quantitative estimate of drug-likeness (QED) is 0.0319. The van der Waals surface area contributed by atoms with Gasteiger partial charge in [-0.2, -0.15) is 0 Å². The fourth-order valence-electron chi connectivity index (χ4n) is 12.2. The monoisotopic (exact) mass is 1240 g/mol. The normalized spacial score (nSPS) is 12.9. The van der Waals surface area contributed by atoms with Gasteiger partial charge in [-0.25, -0.2) is 3.96 Å². The number of nitrogens with zero attached hydrogens (tertiary/aromatic N) is 1. The van der Waals surface area contributed by atoms with Gasteiger partial charge in [-0.3, -0.25) is 13.1 Å². The fourth-order valence-corrected chi connectivity index (χ4v) is 17.2. The zero-order valence-electron chi connectivity index (χ0n) is 48.6. The Hall–Kier alpha value is -1.30. The lowest BCUT2D eigenvalue weighted by Gasteiger charge is -2.17. The van der Waals surface area contributed by atoms with Crippen LogP contribution in [0, 0.1) is 11.8 Å². The van der Waals surface area contributed by atoms with Gasteiger partial charge in [0, 0.05) is 44.7 Å². The van der Waals surface area contributed by atoms with Gasteiger partial charge in [0.25, 0.3) is 0 Å². The van der Waals surface area contributed by atoms with Crippen LogP contribution in [0.5, 0.6) is 0 Å². The molecule has 0 aliphatic heterocycles. The van der Waals surface area contributed by atoms with Crippen molar-refractivity contribution in [2.24, 2.45) is 11.8 Å². The summed E-state index contributed by atoms with van der Waals surface area (Å²) >= 11 is 15.5. The summed E-state index contributed by atoms with van der Waals surface area (Å²) in [4.78, 5) is 1.36. The molecule has 4 nitrogen and oxygen atoms in total. The van der Waals surface area contributed by atoms with Crippen molar-refractivity contribution in [3.05, 3.63) is 49.0 Å². The van der Waals surface area contributed by atoms with Crippen LogP contribution in [0.25, 0.3) is 48.3 Å². The second-order valence-corrected chi connectivity index (χ2v) is 29.5. The molecule has 10 heteroatoms. The van der Waals surface area contributed by atoms with Crippen LogP contribution < -0.4 is 0 Å². The average molecular weight is 1240 g/mol. The fraction of sp³-hybridized carbons (Fsp3) is 0.727. The minimum atomic E-state index is 0.748. The number of H-pyrrole nitrogens is 3. The minimum Gasteiger partial charge on any atom is -0.295 e. The maximum absolute atomic E-state index is 4.17. The van der Waals surface area contributed by atoms with Crippen LogP contribution in [-0.4, -0.2) is 17.1 Å². The molecule has 0 radical (unpaired) electrons. The van der Waals surface area contributed by atoms with Crippen LogP contribution in [0.4, 0.5) is 0 Å². The van der Waals surface area contributed by atoms with Crippen LogP contribution >= 0.6 is 78.0 Å². The number of hydrogen-bond acceptors (Lipinski definition) is 4. The van der Waals surface area contributed by atoms with Crippen LogP contribution in [0.15, 0.2) is 37.9 Å². The zero-order valence-corrected chi connectivity index (χ0v) is 55.0. The van der Waals surface area contributed by atoms with Crippen molar-refractivity contribution in [2.45, 2.75) is 297 Å². The molecule has 2 atom stereocenters. The summed E-state index contributed by atoms with van der Waals surface area (Å²) in [6.45, 7) is 9.29. The molecule has 4 heterocycles. The third kappa shape index (κ3) is 21.9. The first kappa shape index (κ1) is 63.9. The summed E-state index contributed by atoms with van der Waals surface area (Å²) in [5, 5.41) is 3.94. The van der Waals surface area contributed by atoms with E-state index in [4.69, 9.17) is 0 Å². The van der Waals surface area contributed by atoms with Crippen molar-refractivity contribution in [1.82, 2.24) is 17.1 Å². The maximum Gasteiger partial charge on any atom is 0.112 e. The van der Waals surface area contributed by atoms with Gasteiger partial charge in [-0.05, 0) is 98.0 Å². The molecule has 0 saturated carbocycles. The molecule has 76 heavy (non-hydrogen) atoms. The first-order valence-corrected chi connectivity index (χ1v) is 36.9. The second kappa shape index (κ2) is 38.4. The molecule has 3 N–H and O–H groups in total. The van der Waals surface area contributed by atoms with E-state index in [-0.39, 0.29) is 0 Å². The van der Waals surface area contributed by atoms with E-state index in [1.165, 1.54) is 337 Å². The van der Waals surface area contributed by atoms with E-state index in [0.29, 0.717) is 0 Å². The molecule has 0 saturated heterocycles. The molecule has 0 aliphatic rings. The number of hydrogen-bond donors (Lipinski definition) is 3. The Kier molecular flexibility index (Phi) is 32.3. The van der Waals surface area contributed by atoms with Crippen LogP contribution in [-0.2, 0) is 12.8 Å². The van der Waals surface area contributed by atoms with E-state index in [9.17, 15) is 0 Å². The highest BCUT2D eigenvalue weighted by molar-refractivity contribution is 9.11. The van der Waals surface area contributed by atoms with Crippen LogP contribution in [0.2, 0.25) is 0 Å². The lowest BCUT2D eigenvalue weighted by atomic mass is 9.89. The smallest absolute Gasteiger partial charge is 0.112 e. The van der Waals surface area contributed by atoms with Gasteiger partial charge in [-0.1, -0.05) is 285 Å². The molecule has 428 valence electrons. The second-order valence-electron chi connectivity index (χ2n) is 23.4. The molecule has 6 rings (SSSR count). The number of aromatic nitrogens is 4. The number of halogens is 2. The van der Waals surface area contributed by atoms with Gasteiger partial charge in [0.05, 0.1) is 29.6 Å². The van der Waals surface area contributed by atoms with E-state index < -0.39 is 0 Å². The predicted molar refractivity (Wildman–Crippen MR) is 353 cm³/mol. The van der Waals surface area contributed by atoms with Gasteiger partial charge >= 0.3 is 0 Å². The van der Waals surface area contributed by atoms with Crippen molar-refractivity contribution in [3.8, 4) is 15.4 Å². The summed E-state index contributed by atoms with van der Waals surface area (Å²) in [5.74, 6) is 1.50. The van der Waals surface area contributed by atoms with Gasteiger partial charge in [0.1, 0.15) is 5.00 Å². The largest absolute Gasteiger partial charge is 0.295 e. The Morgan fingerprint density at radius 2 is 0.842 bits per heavy atom. The molecule has 0 amide bonds. The molecule has 6 aromatic rings. The van der Waals surface area contributed by atoms with E-state index in [2.05, 4.69) is 107 Å². The number of rotatable bonds is 46. The first-order valence-electron chi connectivity index (χ1n) is 32.1. The Morgan fingerprint density at radius 1 is 0.434 bits per heavy atom. The molecule has 2 aromatic carbocycles. The predicted octanol–water partition coefficient (Wildman–Crippen LogP) is 26.5. The van der Waals surface area contributed by atoms with E-state index in [1.807, 2.05) is 22.7 Å². The number of unbranched alkanes of at least 4 members (excludes halogenated alkanes) is 32. The Balaban J connectivity index is 1.17. The summed E-state index contributed by atoms with van der Waals surface area (Å²) in [6, 6.07) is 12.2. The minimum absolute atomic E-state index is 0.748. The number of fused-ring (bicyclic) bond motifs is 5. The summed E-state index contributed by atoms with van der Waals surface area (Å²) < 4.78 is 16.3. The number of aromatic amines is 3. The number of nitrogens with one attached hydrogen (secondary N) is 3. The lowest BCUT2D eigenvalue weighted by Crippen LogP contribution is -2.05. The summed E-state index contributed by atoms with van der Waals surface area (Å²) in [7, 11) is 0. The molecule has 0 bridgehead atoms. The topological polar surface area (TPSA) is 52.3 Å². The highest BCUT2D eigenvalue weighted by Crippen LogP contribution is 2.46. The SMILES string of the molecule is CCCCCCCCCCCCC(CCCCCCCCCC)Cc1cc(-c2cc3[nH]sn(-c4cc(CC(CCCCCCCCCC)CCCCCCCCCCCC)c(Br)s4)c3c3ccc4[nH]s[nH]c4c23)sc1Br. The molecular weight excluding hydrogens is 1140 g/mol. The molecule has 0 spiro atoms. The molecule has 2 unspecified atom stereocenters. The Bertz CT molecular complexity index is 2450. The zero-order chi connectivity index (χ0) is 53.4. The van der Waals surface area contributed by atoms with Crippen molar-refractivity contribution in [3.63, 3.8) is 0 Å². The standard InChI is InChI=1S/C66H106Br2N4S4/c1-5-9-13-17-21-25-27-31-35-38-42-52(41-37-33-29-23-19-15-11-7-3)47-54-49-60(73-65(54)67)57-51-59-64(56-45-46-58-63(62(56)57)71-75-69-58)72(76-70-59)61-50-55(66(68)74-61)48-53(43-39-34-30-24-20-16-12-8-4)44-40-36-32-28-26-22-18-14-10-6-2/h45-46,49-53,69-71H,5-44,47-48H2,1-4H3. The average Bonchev–Trinajstić information content (AvgIpc) is 4.25. The van der Waals surface area contributed by atoms with Crippen molar-refractivity contribution in [2.75, 3.05) is 0 Å². The third-order valence-corrected chi connectivity index (χ3v) is 22.4. The van der Waals surface area contributed by atoms with Crippen molar-refractivity contribution >= 4 is 111 Å². The van der Waals surface area contributed by atoms with Gasteiger partial charge < -0.3 is 0 Å². The molecule has 0 aliphatic carbocycles. The highest BCUT2D eigenvalue weighted by Gasteiger charge is 2.23. The van der Waals surface area contributed by atoms with Crippen molar-refractivity contribution < 1.29 is 0 Å². The molecule has 0 fully saturated rings. The van der Waals surface area contributed by atoms with E-state index in [0.717, 1.165) is 11.8 Å². The molecule has 4 aromatic heterocycles. The van der Waals surface area contributed by atoms with Crippen LogP contribution in [0.3, 0.4) is 0 Å². The van der Waals surface area contributed by atoms with Crippen LogP contribution in [0.1, 0.15) is 296 Å². The Morgan fingerprint density at radius 3 is 1.29 bits per heavy atom. The summed E-state index contributed by atoms with van der Waals surface area (Å²) in [6.07, 6.45) is 58.4. The van der Waals surface area contributed by atoms with E-state index >= 15 is 0 Å². The third-order valence-electron chi connectivity index (χ3n) is 16.9. The van der Waals surface area contributed by atoms with Crippen molar-refractivity contribution in [1.29, 1.82) is 0 Å². The lowest BCUT2D eigenvalue weighted by molar-refractivity contribution is 0.399. The molecular formula is C66H106Br2N4S4. The maximum atomic E-state index is 4.17. The first-order chi connectivity index (χ1) is 37.4. The number of benzene rings is 2. The van der Waals surface area contributed by atoms with Gasteiger partial charge in [0.15, 0.2) is 0 Å². The van der Waals surface area contributed by atoms with Gasteiger partial charge in [-0.15, -0.1) is 22.7 Å². The van der Waals surface area contributed by atoms with Gasteiger partial charge in [0.2, 0.25) is 0 Å². The number of thiophene rings is 2. The summed E-state index contributed by atoms with van der Waals surface area (Å²) in [5.41, 5.74) is 9.21. The Labute approximate surface area is 497 Å². The van der Waals surface area contributed by atoms with E-state index in [1.54, 1.807) is 23.5 Å². The highest BCUT2D eigenvalue weighted by atomic mass is 79.9.